The number of aliphatic imine (C=N–C) groups is 1. The first-order chi connectivity index (χ1) is 3.41. The van der Waals surface area contributed by atoms with Crippen LogP contribution in [0, 0.1) is 0 Å². The summed E-state index contributed by atoms with van der Waals surface area (Å²) in [6.45, 7) is 0.882. The van der Waals surface area contributed by atoms with E-state index in [2.05, 4.69) is 22.4 Å². The van der Waals surface area contributed by atoms with E-state index >= 15 is 0 Å². The van der Waals surface area contributed by atoms with E-state index in [1.807, 2.05) is 0 Å². The van der Waals surface area contributed by atoms with E-state index in [0.29, 0.717) is 0 Å². The maximum atomic E-state index is 4.36. The number of hydrogen-bond acceptors (Lipinski definition) is 2. The standard InChI is InChI=1S/C4H9NSSi/c6-4-5-2-1-3-7/h1-3H2,7H3. The Kier molecular flexibility index (Phi) is 6.03. The zero-order valence-electron chi connectivity index (χ0n) is 4.48. The van der Waals surface area contributed by atoms with Crippen LogP contribution in [0.25, 0.3) is 0 Å². The molecule has 40 valence electrons. The summed E-state index contributed by atoms with van der Waals surface area (Å²) >= 11 is 4.36. The summed E-state index contributed by atoms with van der Waals surface area (Å²) in [4.78, 5) is 3.75. The number of hydrogen-bond donors (Lipinski definition) is 0. The summed E-state index contributed by atoms with van der Waals surface area (Å²) in [5.74, 6) is 0. The van der Waals surface area contributed by atoms with Crippen LogP contribution in [0.5, 0.6) is 0 Å². The zero-order chi connectivity index (χ0) is 5.54. The van der Waals surface area contributed by atoms with Gasteiger partial charge in [-0.25, -0.2) is 4.99 Å². The summed E-state index contributed by atoms with van der Waals surface area (Å²) in [5, 5.41) is 2.33. The fraction of sp³-hybridized carbons (Fsp3) is 0.750. The topological polar surface area (TPSA) is 12.4 Å². The Balaban J connectivity index is 2.83. The molecule has 0 aliphatic rings. The Morgan fingerprint density at radius 2 is 2.43 bits per heavy atom. The molecule has 1 nitrogen and oxygen atoms in total. The third-order valence-corrected chi connectivity index (χ3v) is 1.52. The van der Waals surface area contributed by atoms with Gasteiger partial charge in [0.1, 0.15) is 0 Å². The molecule has 0 atom stereocenters. The van der Waals surface area contributed by atoms with Crippen molar-refractivity contribution < 1.29 is 0 Å². The molecule has 0 fully saturated rings. The lowest BCUT2D eigenvalue weighted by atomic mass is 10.5. The lowest BCUT2D eigenvalue weighted by Gasteiger charge is -1.81. The predicted molar refractivity (Wildman–Crippen MR) is 39.3 cm³/mol. The summed E-state index contributed by atoms with van der Waals surface area (Å²) in [7, 11) is 1.28. The summed E-state index contributed by atoms with van der Waals surface area (Å²) in [5.41, 5.74) is 0. The van der Waals surface area contributed by atoms with E-state index < -0.39 is 0 Å². The van der Waals surface area contributed by atoms with Crippen molar-refractivity contribution in [2.75, 3.05) is 6.54 Å². The summed E-state index contributed by atoms with van der Waals surface area (Å²) < 4.78 is 0. The van der Waals surface area contributed by atoms with Crippen LogP contribution in [0.2, 0.25) is 6.04 Å². The maximum absolute atomic E-state index is 4.36. The van der Waals surface area contributed by atoms with Gasteiger partial charge in [-0.15, -0.1) is 0 Å². The van der Waals surface area contributed by atoms with Crippen molar-refractivity contribution >= 4 is 27.6 Å². The Labute approximate surface area is 52.3 Å². The molecule has 0 radical (unpaired) electrons. The van der Waals surface area contributed by atoms with Crippen LogP contribution in [0.3, 0.4) is 0 Å². The first kappa shape index (κ1) is 7.02. The highest BCUT2D eigenvalue weighted by Crippen LogP contribution is 1.81. The van der Waals surface area contributed by atoms with E-state index in [9.17, 15) is 0 Å². The molecule has 7 heavy (non-hydrogen) atoms. The lowest BCUT2D eigenvalue weighted by molar-refractivity contribution is 0.937. The van der Waals surface area contributed by atoms with Crippen molar-refractivity contribution in [1.29, 1.82) is 0 Å². The Hall–Kier alpha value is 0.0169. The van der Waals surface area contributed by atoms with Crippen molar-refractivity contribution in [1.82, 2.24) is 0 Å². The molecule has 0 amide bonds. The lowest BCUT2D eigenvalue weighted by Crippen LogP contribution is -1.76. The molecule has 0 aliphatic carbocycles. The van der Waals surface area contributed by atoms with E-state index in [-0.39, 0.29) is 0 Å². The molecule has 0 aliphatic heterocycles. The first-order valence-electron chi connectivity index (χ1n) is 2.45. The molecule has 0 saturated heterocycles. The van der Waals surface area contributed by atoms with Crippen molar-refractivity contribution in [3.8, 4) is 0 Å². The number of rotatable bonds is 3. The van der Waals surface area contributed by atoms with Gasteiger partial charge in [0, 0.05) is 16.8 Å². The van der Waals surface area contributed by atoms with Crippen LogP contribution in [0.1, 0.15) is 6.42 Å². The predicted octanol–water partition coefficient (Wildman–Crippen LogP) is 0.263. The molecule has 0 aromatic carbocycles. The normalized spacial score (nSPS) is 8.00. The van der Waals surface area contributed by atoms with Gasteiger partial charge >= 0.3 is 0 Å². The second-order valence-corrected chi connectivity index (χ2v) is 2.51. The average molecular weight is 131 g/mol. The van der Waals surface area contributed by atoms with Gasteiger partial charge in [0.15, 0.2) is 0 Å². The minimum absolute atomic E-state index is 0.882. The van der Waals surface area contributed by atoms with Crippen molar-refractivity contribution in [3.63, 3.8) is 0 Å². The Morgan fingerprint density at radius 3 is 2.86 bits per heavy atom. The average Bonchev–Trinajstić information content (AvgIpc) is 1.69. The highest BCUT2D eigenvalue weighted by molar-refractivity contribution is 7.78. The van der Waals surface area contributed by atoms with E-state index in [1.54, 1.807) is 0 Å². The quantitative estimate of drug-likeness (QED) is 0.232. The summed E-state index contributed by atoms with van der Waals surface area (Å²) in [6, 6.07) is 1.32. The summed E-state index contributed by atoms with van der Waals surface area (Å²) in [6.07, 6.45) is 1.19. The minimum atomic E-state index is 0.882. The molecular weight excluding hydrogens is 122 g/mol. The smallest absolute Gasteiger partial charge is 0.0584 e. The molecule has 3 heteroatoms. The minimum Gasteiger partial charge on any atom is -0.233 e. The van der Waals surface area contributed by atoms with Gasteiger partial charge in [-0.05, 0) is 18.6 Å². The van der Waals surface area contributed by atoms with Crippen LogP contribution < -0.4 is 0 Å². The maximum Gasteiger partial charge on any atom is 0.0584 e. The molecular formula is C4H9NSSi. The van der Waals surface area contributed by atoms with Crippen LogP contribution in [0.15, 0.2) is 4.99 Å². The fourth-order valence-corrected chi connectivity index (χ4v) is 0.690. The molecule has 0 spiro atoms. The Morgan fingerprint density at radius 1 is 1.71 bits per heavy atom. The highest BCUT2D eigenvalue weighted by Gasteiger charge is 1.73. The number of nitrogens with zero attached hydrogens (tertiary/aromatic N) is 1. The molecule has 0 rings (SSSR count). The van der Waals surface area contributed by atoms with Crippen LogP contribution in [-0.4, -0.2) is 21.9 Å². The number of isothiocyanates is 1. The molecule has 0 N–H and O–H groups in total. The van der Waals surface area contributed by atoms with Gasteiger partial charge in [0.25, 0.3) is 0 Å². The first-order valence-corrected chi connectivity index (χ1v) is 4.27. The van der Waals surface area contributed by atoms with Crippen molar-refractivity contribution in [2.45, 2.75) is 12.5 Å². The van der Waals surface area contributed by atoms with Gasteiger partial charge in [0.2, 0.25) is 0 Å². The molecule has 0 aromatic heterocycles. The molecule has 0 saturated carbocycles. The fourth-order valence-electron chi connectivity index (χ4n) is 0.283. The SMILES string of the molecule is [SiH3]CCCN=C=S. The van der Waals surface area contributed by atoms with Gasteiger partial charge in [0.05, 0.1) is 5.16 Å². The Bertz CT molecular complexity index is 77.8. The van der Waals surface area contributed by atoms with E-state index in [1.165, 1.54) is 22.7 Å². The van der Waals surface area contributed by atoms with Crippen molar-refractivity contribution in [2.24, 2.45) is 4.99 Å². The van der Waals surface area contributed by atoms with E-state index in [4.69, 9.17) is 0 Å². The monoisotopic (exact) mass is 131 g/mol. The van der Waals surface area contributed by atoms with Crippen LogP contribution in [-0.2, 0) is 0 Å². The van der Waals surface area contributed by atoms with Crippen LogP contribution in [0.4, 0.5) is 0 Å². The molecule has 0 heterocycles. The second-order valence-electron chi connectivity index (χ2n) is 1.33. The molecule has 0 aromatic rings. The van der Waals surface area contributed by atoms with Crippen molar-refractivity contribution in [3.05, 3.63) is 0 Å². The zero-order valence-corrected chi connectivity index (χ0v) is 7.29. The largest absolute Gasteiger partial charge is 0.233 e. The highest BCUT2D eigenvalue weighted by atomic mass is 32.1. The number of thiocarbonyl (C=S) groups is 1. The van der Waals surface area contributed by atoms with Gasteiger partial charge in [-0.3, -0.25) is 0 Å². The third-order valence-electron chi connectivity index (χ3n) is 0.688. The van der Waals surface area contributed by atoms with E-state index in [0.717, 1.165) is 6.54 Å². The molecule has 0 unspecified atom stereocenters. The third kappa shape index (κ3) is 6.02. The van der Waals surface area contributed by atoms with Gasteiger partial charge < -0.3 is 0 Å². The second kappa shape index (κ2) is 6.02. The van der Waals surface area contributed by atoms with Crippen LogP contribution >= 0.6 is 12.2 Å². The van der Waals surface area contributed by atoms with Gasteiger partial charge in [-0.1, -0.05) is 6.04 Å². The van der Waals surface area contributed by atoms with Gasteiger partial charge in [-0.2, -0.15) is 0 Å². The molecule has 0 bridgehead atoms.